The van der Waals surface area contributed by atoms with Crippen LogP contribution in [0.15, 0.2) is 33.9 Å². The average molecular weight is 231 g/mol. The van der Waals surface area contributed by atoms with Crippen LogP contribution in [-0.2, 0) is 0 Å². The van der Waals surface area contributed by atoms with E-state index in [0.29, 0.717) is 12.1 Å². The first-order valence-electron chi connectivity index (χ1n) is 6.33. The lowest BCUT2D eigenvalue weighted by Crippen LogP contribution is -2.44. The number of allylic oxidation sites excluding steroid dienone is 2. The molecule has 1 saturated heterocycles. The summed E-state index contributed by atoms with van der Waals surface area (Å²) in [5.41, 5.74) is 3.10. The average Bonchev–Trinajstić information content (AvgIpc) is 2.36. The zero-order valence-electron chi connectivity index (χ0n) is 10.7. The van der Waals surface area contributed by atoms with Crippen molar-refractivity contribution < 1.29 is 0 Å². The molecule has 0 aromatic heterocycles. The number of hydrogen-bond acceptors (Lipinski definition) is 3. The number of nitrogens with one attached hydrogen (secondary N) is 1. The normalized spacial score (nSPS) is 37.3. The largest absolute Gasteiger partial charge is 0.311 e. The SMILES string of the molecule is C=C(C)C1=C/C=N\C2CCCNC2C\C(C)=N\1. The molecule has 0 bridgehead atoms. The van der Waals surface area contributed by atoms with Gasteiger partial charge in [-0.15, -0.1) is 0 Å². The summed E-state index contributed by atoms with van der Waals surface area (Å²) in [7, 11) is 0. The summed E-state index contributed by atoms with van der Waals surface area (Å²) in [4.78, 5) is 9.29. The number of nitrogens with zero attached hydrogens (tertiary/aromatic N) is 2. The van der Waals surface area contributed by atoms with E-state index in [0.717, 1.165) is 29.9 Å². The molecule has 2 heterocycles. The summed E-state index contributed by atoms with van der Waals surface area (Å²) in [5.74, 6) is 0. The van der Waals surface area contributed by atoms with Gasteiger partial charge in [0.25, 0.3) is 0 Å². The third-order valence-corrected chi connectivity index (χ3v) is 3.32. The van der Waals surface area contributed by atoms with Gasteiger partial charge in [0.2, 0.25) is 0 Å². The first-order chi connectivity index (χ1) is 8.16. The van der Waals surface area contributed by atoms with Gasteiger partial charge in [0.1, 0.15) is 0 Å². The van der Waals surface area contributed by atoms with Gasteiger partial charge < -0.3 is 5.32 Å². The van der Waals surface area contributed by atoms with Crippen LogP contribution in [0.4, 0.5) is 0 Å². The minimum atomic E-state index is 0.398. The summed E-state index contributed by atoms with van der Waals surface area (Å²) < 4.78 is 0. The summed E-state index contributed by atoms with van der Waals surface area (Å²) in [6.45, 7) is 9.13. The molecule has 0 aliphatic carbocycles. The Hall–Kier alpha value is -1.22. The Bertz CT molecular complexity index is 390. The monoisotopic (exact) mass is 231 g/mol. The molecule has 2 rings (SSSR count). The first kappa shape index (κ1) is 12.2. The fourth-order valence-corrected chi connectivity index (χ4v) is 2.39. The van der Waals surface area contributed by atoms with Crippen LogP contribution in [0.3, 0.4) is 0 Å². The molecule has 17 heavy (non-hydrogen) atoms. The molecule has 2 unspecified atom stereocenters. The molecule has 0 aromatic carbocycles. The summed E-state index contributed by atoms with van der Waals surface area (Å²) in [6, 6.07) is 0.844. The molecule has 3 heteroatoms. The molecule has 3 nitrogen and oxygen atoms in total. The van der Waals surface area contributed by atoms with E-state index in [2.05, 4.69) is 28.8 Å². The maximum atomic E-state index is 4.65. The van der Waals surface area contributed by atoms with Gasteiger partial charge in [0, 0.05) is 24.4 Å². The highest BCUT2D eigenvalue weighted by Gasteiger charge is 2.24. The Kier molecular flexibility index (Phi) is 3.89. The van der Waals surface area contributed by atoms with Gasteiger partial charge in [0.15, 0.2) is 0 Å². The van der Waals surface area contributed by atoms with E-state index in [1.165, 1.54) is 12.8 Å². The van der Waals surface area contributed by atoms with E-state index in [-0.39, 0.29) is 0 Å². The van der Waals surface area contributed by atoms with E-state index < -0.39 is 0 Å². The number of fused-ring (bicyclic) bond motifs is 1. The summed E-state index contributed by atoms with van der Waals surface area (Å²) in [5, 5.41) is 3.55. The van der Waals surface area contributed by atoms with E-state index >= 15 is 0 Å². The molecule has 92 valence electrons. The minimum absolute atomic E-state index is 0.398. The molecule has 2 aliphatic rings. The lowest BCUT2D eigenvalue weighted by atomic mass is 9.95. The second-order valence-corrected chi connectivity index (χ2v) is 4.95. The molecule has 2 atom stereocenters. The Morgan fingerprint density at radius 1 is 1.53 bits per heavy atom. The van der Waals surface area contributed by atoms with Crippen molar-refractivity contribution in [3.63, 3.8) is 0 Å². The number of rotatable bonds is 1. The topological polar surface area (TPSA) is 36.8 Å². The van der Waals surface area contributed by atoms with E-state index in [9.17, 15) is 0 Å². The number of hydrogen-bond donors (Lipinski definition) is 1. The number of aliphatic imine (C=N–C) groups is 2. The van der Waals surface area contributed by atoms with E-state index in [1.807, 2.05) is 19.2 Å². The minimum Gasteiger partial charge on any atom is -0.311 e. The van der Waals surface area contributed by atoms with E-state index in [1.54, 1.807) is 0 Å². The Balaban J connectivity index is 2.25. The van der Waals surface area contributed by atoms with Crippen molar-refractivity contribution in [3.05, 3.63) is 23.9 Å². The lowest BCUT2D eigenvalue weighted by Gasteiger charge is -2.29. The molecule has 2 aliphatic heterocycles. The van der Waals surface area contributed by atoms with Crippen molar-refractivity contribution in [3.8, 4) is 0 Å². The fraction of sp³-hybridized carbons (Fsp3) is 0.571. The van der Waals surface area contributed by atoms with Gasteiger partial charge in [-0.2, -0.15) is 0 Å². The van der Waals surface area contributed by atoms with Crippen molar-refractivity contribution in [2.75, 3.05) is 6.54 Å². The van der Waals surface area contributed by atoms with Crippen LogP contribution in [-0.4, -0.2) is 30.6 Å². The molecule has 1 fully saturated rings. The van der Waals surface area contributed by atoms with Crippen LogP contribution in [0.25, 0.3) is 0 Å². The standard InChI is InChI=1S/C14H21N3/c1-10(2)12-6-8-16-13-5-4-7-15-14(13)9-11(3)17-12/h6,8,13-15H,1,4-5,7,9H2,2-3H3/b12-6-,16-8-,17-11+. The smallest absolute Gasteiger partial charge is 0.0667 e. The van der Waals surface area contributed by atoms with Crippen LogP contribution < -0.4 is 5.32 Å². The second kappa shape index (κ2) is 5.41. The molecule has 0 spiro atoms. The predicted molar refractivity (Wildman–Crippen MR) is 73.9 cm³/mol. The van der Waals surface area contributed by atoms with Crippen LogP contribution in [0.5, 0.6) is 0 Å². The van der Waals surface area contributed by atoms with Gasteiger partial charge >= 0.3 is 0 Å². The summed E-state index contributed by atoms with van der Waals surface area (Å²) >= 11 is 0. The molecule has 1 N–H and O–H groups in total. The van der Waals surface area contributed by atoms with Gasteiger partial charge in [-0.25, -0.2) is 0 Å². The Labute approximate surface area is 103 Å². The zero-order chi connectivity index (χ0) is 12.3. The van der Waals surface area contributed by atoms with Crippen molar-refractivity contribution >= 4 is 11.9 Å². The third-order valence-electron chi connectivity index (χ3n) is 3.32. The maximum Gasteiger partial charge on any atom is 0.0667 e. The molecule has 0 radical (unpaired) electrons. The third kappa shape index (κ3) is 3.13. The highest BCUT2D eigenvalue weighted by Crippen LogP contribution is 2.18. The molecule has 0 aromatic rings. The van der Waals surface area contributed by atoms with E-state index in [4.69, 9.17) is 0 Å². The quantitative estimate of drug-likeness (QED) is 0.739. The highest BCUT2D eigenvalue weighted by molar-refractivity contribution is 5.85. The zero-order valence-corrected chi connectivity index (χ0v) is 10.7. The number of piperidine rings is 1. The Morgan fingerprint density at radius 2 is 2.35 bits per heavy atom. The summed E-state index contributed by atoms with van der Waals surface area (Å²) in [6.07, 6.45) is 7.25. The van der Waals surface area contributed by atoms with Gasteiger partial charge in [-0.05, 0) is 44.9 Å². The van der Waals surface area contributed by atoms with Crippen LogP contribution in [0, 0.1) is 0 Å². The van der Waals surface area contributed by atoms with Crippen molar-refractivity contribution in [1.82, 2.24) is 5.32 Å². The maximum absolute atomic E-state index is 4.65. The Morgan fingerprint density at radius 3 is 3.12 bits per heavy atom. The van der Waals surface area contributed by atoms with Gasteiger partial charge in [-0.3, -0.25) is 9.98 Å². The lowest BCUT2D eigenvalue weighted by molar-refractivity contribution is 0.360. The van der Waals surface area contributed by atoms with Crippen LogP contribution in [0.1, 0.15) is 33.1 Å². The first-order valence-corrected chi connectivity index (χ1v) is 6.33. The fourth-order valence-electron chi connectivity index (χ4n) is 2.39. The van der Waals surface area contributed by atoms with Crippen LogP contribution in [0.2, 0.25) is 0 Å². The molecule has 0 amide bonds. The predicted octanol–water partition coefficient (Wildman–Crippen LogP) is 2.50. The molecule has 0 saturated carbocycles. The van der Waals surface area contributed by atoms with Crippen molar-refractivity contribution in [2.45, 2.75) is 45.2 Å². The van der Waals surface area contributed by atoms with Crippen LogP contribution >= 0.6 is 0 Å². The van der Waals surface area contributed by atoms with Crippen molar-refractivity contribution in [1.29, 1.82) is 0 Å². The van der Waals surface area contributed by atoms with Crippen molar-refractivity contribution in [2.24, 2.45) is 9.98 Å². The van der Waals surface area contributed by atoms with Gasteiger partial charge in [0.05, 0.1) is 11.7 Å². The highest BCUT2D eigenvalue weighted by atomic mass is 15.0. The second-order valence-electron chi connectivity index (χ2n) is 4.95. The molecular formula is C14H21N3. The van der Waals surface area contributed by atoms with Gasteiger partial charge in [-0.1, -0.05) is 6.58 Å². The molecular weight excluding hydrogens is 210 g/mol.